The largest absolute Gasteiger partial charge is 0.374 e. The lowest BCUT2D eigenvalue weighted by Gasteiger charge is -2.43. The van der Waals surface area contributed by atoms with Crippen LogP contribution in [-0.4, -0.2) is 77.4 Å². The van der Waals surface area contributed by atoms with Crippen molar-refractivity contribution >= 4 is 29.5 Å². The second-order valence-electron chi connectivity index (χ2n) is 16.7. The average molecular weight is 648 g/mol. The quantitative estimate of drug-likeness (QED) is 0.221. The maximum absolute atomic E-state index is 14.7. The third-order valence-electron chi connectivity index (χ3n) is 10.2. The number of Topliss-reactive ketones (excluding diaryl/α,β-unsaturated/α-hetero) is 1. The Morgan fingerprint density at radius 1 is 0.913 bits per heavy atom. The second kappa shape index (κ2) is 15.0. The number of carbonyl (C=O) groups is 5. The first-order chi connectivity index (χ1) is 21.2. The van der Waals surface area contributed by atoms with E-state index in [-0.39, 0.29) is 40.7 Å². The van der Waals surface area contributed by atoms with Gasteiger partial charge in [-0.05, 0) is 75.0 Å². The zero-order valence-electron chi connectivity index (χ0n) is 29.8. The van der Waals surface area contributed by atoms with Crippen LogP contribution in [-0.2, 0) is 23.9 Å². The molecular weight excluding hydrogens is 586 g/mol. The van der Waals surface area contributed by atoms with Gasteiger partial charge in [-0.25, -0.2) is 4.79 Å². The number of amides is 5. The highest BCUT2D eigenvalue weighted by molar-refractivity contribution is 6.37. The number of ether oxygens (including phenoxy) is 1. The smallest absolute Gasteiger partial charge is 0.315 e. The summed E-state index contributed by atoms with van der Waals surface area (Å²) in [4.78, 5) is 68.5. The fraction of sp³-hybridized carbons (Fsp3) is 0.857. The molecule has 0 radical (unpaired) electrons. The van der Waals surface area contributed by atoms with Crippen LogP contribution in [0.3, 0.4) is 0 Å². The number of ketones is 1. The van der Waals surface area contributed by atoms with Gasteiger partial charge in [0.1, 0.15) is 12.1 Å². The van der Waals surface area contributed by atoms with E-state index in [1.807, 2.05) is 55.4 Å². The normalized spacial score (nSPS) is 23.7. The summed E-state index contributed by atoms with van der Waals surface area (Å²) in [6.07, 6.45) is 7.36. The Kier molecular flexibility index (Phi) is 12.3. The highest BCUT2D eigenvalue weighted by atomic mass is 16.5. The molecule has 1 saturated heterocycles. The van der Waals surface area contributed by atoms with E-state index >= 15 is 0 Å². The molecule has 1 aliphatic heterocycles. The topological polar surface area (TPSA) is 160 Å². The fourth-order valence-electron chi connectivity index (χ4n) is 6.97. The molecular formula is C35H61N5O6. The average Bonchev–Trinajstić information content (AvgIpc) is 3.64. The monoisotopic (exact) mass is 647 g/mol. The number of carbonyl (C=O) groups excluding carboxylic acids is 5. The number of nitrogens with zero attached hydrogens (tertiary/aromatic N) is 1. The van der Waals surface area contributed by atoms with Crippen molar-refractivity contribution in [3.05, 3.63) is 0 Å². The molecule has 11 heteroatoms. The van der Waals surface area contributed by atoms with E-state index in [0.717, 1.165) is 44.9 Å². The van der Waals surface area contributed by atoms with E-state index in [2.05, 4.69) is 22.9 Å². The van der Waals surface area contributed by atoms with Crippen LogP contribution in [0.4, 0.5) is 4.79 Å². The summed E-state index contributed by atoms with van der Waals surface area (Å²) in [6, 6.07) is -3.46. The molecule has 3 rings (SSSR count). The minimum atomic E-state index is -1.08. The molecule has 46 heavy (non-hydrogen) atoms. The Labute approximate surface area is 276 Å². The van der Waals surface area contributed by atoms with Crippen molar-refractivity contribution in [2.45, 2.75) is 150 Å². The lowest BCUT2D eigenvalue weighted by Crippen LogP contribution is -2.63. The summed E-state index contributed by atoms with van der Waals surface area (Å²) in [7, 11) is 0. The minimum absolute atomic E-state index is 0.0811. The zero-order chi connectivity index (χ0) is 34.6. The van der Waals surface area contributed by atoms with Crippen molar-refractivity contribution in [1.82, 2.24) is 20.9 Å². The van der Waals surface area contributed by atoms with Gasteiger partial charge in [0.15, 0.2) is 0 Å². The Morgan fingerprint density at radius 2 is 1.52 bits per heavy atom. The van der Waals surface area contributed by atoms with Crippen molar-refractivity contribution in [2.75, 3.05) is 13.2 Å². The van der Waals surface area contributed by atoms with Crippen molar-refractivity contribution in [3.8, 4) is 0 Å². The van der Waals surface area contributed by atoms with Gasteiger partial charge in [0.05, 0.1) is 24.3 Å². The summed E-state index contributed by atoms with van der Waals surface area (Å²) >= 11 is 0. The van der Waals surface area contributed by atoms with Gasteiger partial charge in [0.2, 0.25) is 17.6 Å². The van der Waals surface area contributed by atoms with Crippen LogP contribution in [0.25, 0.3) is 0 Å². The molecule has 0 aromatic heterocycles. The number of urea groups is 1. The van der Waals surface area contributed by atoms with Crippen LogP contribution in [0.1, 0.15) is 120 Å². The molecule has 1 heterocycles. The molecule has 2 aliphatic carbocycles. The molecule has 3 unspecified atom stereocenters. The first kappa shape index (κ1) is 37.8. The van der Waals surface area contributed by atoms with Gasteiger partial charge in [0.25, 0.3) is 5.91 Å². The Balaban J connectivity index is 1.89. The van der Waals surface area contributed by atoms with Gasteiger partial charge in [-0.3, -0.25) is 19.2 Å². The van der Waals surface area contributed by atoms with Crippen molar-refractivity contribution in [1.29, 1.82) is 0 Å². The number of likely N-dealkylation sites (tertiary alicyclic amines) is 1. The predicted octanol–water partition coefficient (Wildman–Crippen LogP) is 4.07. The Morgan fingerprint density at radius 3 is 2.02 bits per heavy atom. The fourth-order valence-corrected chi connectivity index (χ4v) is 6.97. The van der Waals surface area contributed by atoms with Crippen LogP contribution in [0.5, 0.6) is 0 Å². The molecule has 3 fully saturated rings. The van der Waals surface area contributed by atoms with Gasteiger partial charge in [-0.2, -0.15) is 0 Å². The molecule has 5 atom stereocenters. The van der Waals surface area contributed by atoms with Crippen molar-refractivity contribution in [2.24, 2.45) is 34.3 Å². The van der Waals surface area contributed by atoms with E-state index in [1.54, 1.807) is 4.90 Å². The van der Waals surface area contributed by atoms with Crippen molar-refractivity contribution < 1.29 is 28.7 Å². The third kappa shape index (κ3) is 10.2. The minimum Gasteiger partial charge on any atom is -0.374 e. The van der Waals surface area contributed by atoms with E-state index in [4.69, 9.17) is 10.5 Å². The molecule has 2 saturated carbocycles. The van der Waals surface area contributed by atoms with Gasteiger partial charge >= 0.3 is 6.03 Å². The first-order valence-electron chi connectivity index (χ1n) is 17.4. The predicted molar refractivity (Wildman–Crippen MR) is 178 cm³/mol. The lowest BCUT2D eigenvalue weighted by atomic mass is 9.70. The maximum atomic E-state index is 14.7. The number of hydrogen-bond donors (Lipinski definition) is 4. The van der Waals surface area contributed by atoms with Gasteiger partial charge < -0.3 is 31.3 Å². The van der Waals surface area contributed by atoms with Gasteiger partial charge in [0, 0.05) is 6.54 Å². The summed E-state index contributed by atoms with van der Waals surface area (Å²) in [5.41, 5.74) is 4.15. The number of rotatable bonds is 13. The highest BCUT2D eigenvalue weighted by Crippen LogP contribution is 2.41. The number of nitrogens with one attached hydrogen (secondary N) is 3. The van der Waals surface area contributed by atoms with E-state index < -0.39 is 47.2 Å². The van der Waals surface area contributed by atoms with Crippen LogP contribution in [0.2, 0.25) is 0 Å². The molecule has 3 aliphatic rings. The van der Waals surface area contributed by atoms with Gasteiger partial charge in [-0.1, -0.05) is 73.6 Å². The van der Waals surface area contributed by atoms with E-state index in [1.165, 1.54) is 0 Å². The number of primary amides is 1. The summed E-state index contributed by atoms with van der Waals surface area (Å²) in [6.45, 7) is 18.8. The number of hydrogen-bond acceptors (Lipinski definition) is 6. The standard InChI is InChI=1S/C35H61N5O6/c1-21(2)23-15-18-40(26(23)30(43)37-24(19-22-13-14-22)27(41)29(36)42)31(44)28(35(9)16-11-10-12-17-35)39-32(45)38-25(33(3,4)5)20-46-34(6,7)8/h21-26,28H,10-20H2,1-9H3,(H2,36,42)(H,37,43)(H2,38,39,45)/t23-,24?,25?,26?,28-/m1/s1. The molecule has 0 spiro atoms. The van der Waals surface area contributed by atoms with Crippen LogP contribution in [0.15, 0.2) is 0 Å². The Bertz CT molecular complexity index is 1120. The highest BCUT2D eigenvalue weighted by Gasteiger charge is 2.50. The van der Waals surface area contributed by atoms with Crippen LogP contribution in [0, 0.1) is 28.6 Å². The second-order valence-corrected chi connectivity index (χ2v) is 16.7. The van der Waals surface area contributed by atoms with E-state index in [0.29, 0.717) is 26.0 Å². The number of nitrogens with two attached hydrogens (primary N) is 1. The zero-order valence-corrected chi connectivity index (χ0v) is 29.8. The summed E-state index contributed by atoms with van der Waals surface area (Å²) in [5, 5.41) is 8.98. The molecule has 5 amide bonds. The first-order valence-corrected chi connectivity index (χ1v) is 17.4. The molecule has 0 aromatic carbocycles. The maximum Gasteiger partial charge on any atom is 0.315 e. The van der Waals surface area contributed by atoms with E-state index in [9.17, 15) is 24.0 Å². The Hall–Kier alpha value is -2.69. The molecule has 11 nitrogen and oxygen atoms in total. The summed E-state index contributed by atoms with van der Waals surface area (Å²) < 4.78 is 6.04. The molecule has 0 aromatic rings. The molecule has 5 N–H and O–H groups in total. The SMILES string of the molecule is CC(C)[C@H]1CCN(C(=O)[C@@H](NC(=O)NC(COC(C)(C)C)C(C)(C)C)C2(C)CCCCC2)C1C(=O)NC(CC1CC1)C(=O)C(N)=O. The molecule has 262 valence electrons. The lowest BCUT2D eigenvalue weighted by molar-refractivity contribution is -0.145. The summed E-state index contributed by atoms with van der Waals surface area (Å²) in [5.74, 6) is -2.44. The van der Waals surface area contributed by atoms with Gasteiger partial charge in [-0.15, -0.1) is 0 Å². The third-order valence-corrected chi connectivity index (χ3v) is 10.2. The van der Waals surface area contributed by atoms with Crippen LogP contribution < -0.4 is 21.7 Å². The molecule has 0 bridgehead atoms. The van der Waals surface area contributed by atoms with Crippen LogP contribution >= 0.6 is 0 Å². The van der Waals surface area contributed by atoms with Crippen molar-refractivity contribution in [3.63, 3.8) is 0 Å².